The van der Waals surface area contributed by atoms with Crippen LogP contribution in [0, 0.1) is 6.92 Å². The van der Waals surface area contributed by atoms with Crippen molar-refractivity contribution < 1.29 is 18.0 Å². The van der Waals surface area contributed by atoms with E-state index in [1.54, 1.807) is 12.1 Å². The standard InChI is InChI=1S/C23H17Cl3O4S/c1-14-2-9-18(10-3-14)31(29,30)22(13-21(27)15-4-6-16(24)7-5-15)23(28)19-11-8-17(25)12-20(19)26/h2-12,22H,13H2,1H3/t22-/m0/s1. The molecular formula is C23H17Cl3O4S. The lowest BCUT2D eigenvalue weighted by atomic mass is 10.0. The first-order chi connectivity index (χ1) is 14.6. The van der Waals surface area contributed by atoms with E-state index in [9.17, 15) is 18.0 Å². The van der Waals surface area contributed by atoms with Gasteiger partial charge in [-0.15, -0.1) is 0 Å². The van der Waals surface area contributed by atoms with Crippen LogP contribution in [-0.4, -0.2) is 25.2 Å². The van der Waals surface area contributed by atoms with Crippen molar-refractivity contribution in [2.24, 2.45) is 0 Å². The smallest absolute Gasteiger partial charge is 0.189 e. The largest absolute Gasteiger partial charge is 0.294 e. The van der Waals surface area contributed by atoms with E-state index >= 15 is 0 Å². The minimum Gasteiger partial charge on any atom is -0.294 e. The zero-order valence-corrected chi connectivity index (χ0v) is 19.4. The quantitative estimate of drug-likeness (QED) is 0.363. The number of benzene rings is 3. The van der Waals surface area contributed by atoms with E-state index in [1.807, 2.05) is 6.92 Å². The highest BCUT2D eigenvalue weighted by molar-refractivity contribution is 7.92. The molecule has 3 rings (SSSR count). The van der Waals surface area contributed by atoms with Crippen molar-refractivity contribution in [1.29, 1.82) is 0 Å². The number of Topliss-reactive ketones (excluding diaryl/α,β-unsaturated/α-hetero) is 2. The second kappa shape index (κ2) is 9.53. The van der Waals surface area contributed by atoms with Crippen molar-refractivity contribution in [3.63, 3.8) is 0 Å². The summed E-state index contributed by atoms with van der Waals surface area (Å²) in [5, 5.41) is -0.904. The van der Waals surface area contributed by atoms with Gasteiger partial charge in [0.05, 0.1) is 9.92 Å². The van der Waals surface area contributed by atoms with Crippen LogP contribution in [0.1, 0.15) is 32.7 Å². The van der Waals surface area contributed by atoms with E-state index in [2.05, 4.69) is 0 Å². The van der Waals surface area contributed by atoms with Gasteiger partial charge in [0.1, 0.15) is 5.25 Å². The predicted octanol–water partition coefficient (Wildman–Crippen LogP) is 6.25. The fourth-order valence-electron chi connectivity index (χ4n) is 3.02. The molecule has 0 spiro atoms. The van der Waals surface area contributed by atoms with Crippen LogP contribution in [0.15, 0.2) is 71.6 Å². The molecule has 0 saturated carbocycles. The summed E-state index contributed by atoms with van der Waals surface area (Å²) >= 11 is 17.9. The Kier molecular flexibility index (Phi) is 7.22. The zero-order chi connectivity index (χ0) is 22.8. The Morgan fingerprint density at radius 3 is 2.00 bits per heavy atom. The van der Waals surface area contributed by atoms with Crippen molar-refractivity contribution in [3.8, 4) is 0 Å². The highest BCUT2D eigenvalue weighted by atomic mass is 35.5. The zero-order valence-electron chi connectivity index (χ0n) is 16.3. The first-order valence-electron chi connectivity index (χ1n) is 9.18. The number of rotatable bonds is 7. The van der Waals surface area contributed by atoms with Gasteiger partial charge in [0, 0.05) is 27.6 Å². The molecule has 4 nitrogen and oxygen atoms in total. The molecule has 0 aliphatic heterocycles. The van der Waals surface area contributed by atoms with Crippen LogP contribution in [0.3, 0.4) is 0 Å². The van der Waals surface area contributed by atoms with Gasteiger partial charge in [-0.2, -0.15) is 0 Å². The summed E-state index contributed by atoms with van der Waals surface area (Å²) in [6, 6.07) is 16.3. The summed E-state index contributed by atoms with van der Waals surface area (Å²) in [6.45, 7) is 1.82. The summed E-state index contributed by atoms with van der Waals surface area (Å²) < 4.78 is 26.8. The maximum absolute atomic E-state index is 13.4. The van der Waals surface area contributed by atoms with Crippen LogP contribution in [0.25, 0.3) is 0 Å². The molecular weight excluding hydrogens is 479 g/mol. The Balaban J connectivity index is 2.06. The molecule has 0 aliphatic rings. The fraction of sp³-hybridized carbons (Fsp3) is 0.130. The van der Waals surface area contributed by atoms with Gasteiger partial charge in [0.25, 0.3) is 0 Å². The molecule has 8 heteroatoms. The summed E-state index contributed by atoms with van der Waals surface area (Å²) in [7, 11) is -4.19. The molecule has 0 radical (unpaired) electrons. The normalized spacial score (nSPS) is 12.4. The number of hydrogen-bond donors (Lipinski definition) is 0. The molecule has 3 aromatic carbocycles. The lowest BCUT2D eigenvalue weighted by Gasteiger charge is -2.17. The number of ketones is 2. The first-order valence-corrected chi connectivity index (χ1v) is 11.9. The molecule has 160 valence electrons. The van der Waals surface area contributed by atoms with Crippen molar-refractivity contribution in [3.05, 3.63) is 98.5 Å². The van der Waals surface area contributed by atoms with Crippen LogP contribution < -0.4 is 0 Å². The van der Waals surface area contributed by atoms with Gasteiger partial charge in [-0.25, -0.2) is 8.42 Å². The Hall–Kier alpha value is -2.18. The van der Waals surface area contributed by atoms with Crippen molar-refractivity contribution in [2.45, 2.75) is 23.5 Å². The molecule has 0 bridgehead atoms. The number of aryl methyl sites for hydroxylation is 1. The summed E-state index contributed by atoms with van der Waals surface area (Å²) in [5.41, 5.74) is 1.10. The minimum absolute atomic E-state index is 0.0144. The van der Waals surface area contributed by atoms with Gasteiger partial charge in [0.2, 0.25) is 0 Å². The van der Waals surface area contributed by atoms with Crippen LogP contribution in [-0.2, 0) is 9.84 Å². The fourth-order valence-corrected chi connectivity index (χ4v) is 5.27. The summed E-state index contributed by atoms with van der Waals surface area (Å²) in [5.74, 6) is -1.28. The molecule has 31 heavy (non-hydrogen) atoms. The van der Waals surface area contributed by atoms with E-state index in [1.165, 1.54) is 54.6 Å². The molecule has 0 saturated heterocycles. The maximum atomic E-state index is 13.4. The van der Waals surface area contributed by atoms with Crippen LogP contribution >= 0.6 is 34.8 Å². The number of hydrogen-bond acceptors (Lipinski definition) is 4. The second-order valence-corrected chi connectivity index (χ2v) is 10.4. The van der Waals surface area contributed by atoms with Gasteiger partial charge in [0.15, 0.2) is 21.4 Å². The third-order valence-electron chi connectivity index (χ3n) is 4.75. The number of halogens is 3. The first kappa shape index (κ1) is 23.5. The van der Waals surface area contributed by atoms with Gasteiger partial charge >= 0.3 is 0 Å². The summed E-state index contributed by atoms with van der Waals surface area (Å²) in [6.07, 6.45) is -0.546. The maximum Gasteiger partial charge on any atom is 0.189 e. The highest BCUT2D eigenvalue weighted by Gasteiger charge is 2.37. The number of carbonyl (C=O) groups excluding carboxylic acids is 2. The van der Waals surface area contributed by atoms with E-state index in [4.69, 9.17) is 34.8 Å². The average molecular weight is 496 g/mol. The summed E-state index contributed by atoms with van der Waals surface area (Å²) in [4.78, 5) is 26.1. The molecule has 0 heterocycles. The van der Waals surface area contributed by atoms with E-state index in [0.717, 1.165) is 5.56 Å². The van der Waals surface area contributed by atoms with Gasteiger partial charge in [-0.05, 0) is 61.5 Å². The van der Waals surface area contributed by atoms with Gasteiger partial charge in [-0.3, -0.25) is 9.59 Å². The number of sulfone groups is 1. The van der Waals surface area contributed by atoms with E-state index in [-0.39, 0.29) is 21.0 Å². The van der Waals surface area contributed by atoms with Crippen LogP contribution in [0.2, 0.25) is 15.1 Å². The Labute approximate surface area is 195 Å². The molecule has 0 aliphatic carbocycles. The highest BCUT2D eigenvalue weighted by Crippen LogP contribution is 2.28. The predicted molar refractivity (Wildman–Crippen MR) is 123 cm³/mol. The van der Waals surface area contributed by atoms with Crippen molar-refractivity contribution in [2.75, 3.05) is 0 Å². The molecule has 0 N–H and O–H groups in total. The van der Waals surface area contributed by atoms with E-state index < -0.39 is 33.1 Å². The molecule has 0 amide bonds. The second-order valence-electron chi connectivity index (χ2n) is 6.97. The third kappa shape index (κ3) is 5.36. The molecule has 0 fully saturated rings. The molecule has 1 atom stereocenters. The Morgan fingerprint density at radius 2 is 1.42 bits per heavy atom. The lowest BCUT2D eigenvalue weighted by Crippen LogP contribution is -2.33. The SMILES string of the molecule is Cc1ccc(S(=O)(=O)[C@@H](CC(=O)c2ccc(Cl)cc2)C(=O)c2ccc(Cl)cc2Cl)cc1. The van der Waals surface area contributed by atoms with Gasteiger partial charge in [-0.1, -0.05) is 52.5 Å². The third-order valence-corrected chi connectivity index (χ3v) is 7.61. The number of carbonyl (C=O) groups is 2. The van der Waals surface area contributed by atoms with E-state index in [0.29, 0.717) is 10.0 Å². The topological polar surface area (TPSA) is 68.3 Å². The van der Waals surface area contributed by atoms with Gasteiger partial charge < -0.3 is 0 Å². The monoisotopic (exact) mass is 494 g/mol. The Morgan fingerprint density at radius 1 is 0.839 bits per heavy atom. The lowest BCUT2D eigenvalue weighted by molar-refractivity contribution is 0.0921. The average Bonchev–Trinajstić information content (AvgIpc) is 2.72. The van der Waals surface area contributed by atoms with Crippen molar-refractivity contribution >= 4 is 56.2 Å². The van der Waals surface area contributed by atoms with Crippen molar-refractivity contribution in [1.82, 2.24) is 0 Å². The Bertz CT molecular complexity index is 1230. The van der Waals surface area contributed by atoms with Crippen LogP contribution in [0.4, 0.5) is 0 Å². The minimum atomic E-state index is -4.19. The van der Waals surface area contributed by atoms with Crippen LogP contribution in [0.5, 0.6) is 0 Å². The molecule has 0 unspecified atom stereocenters. The molecule has 0 aromatic heterocycles. The molecule has 3 aromatic rings.